The summed E-state index contributed by atoms with van der Waals surface area (Å²) in [7, 11) is 1.27. The number of aromatic nitrogens is 1. The van der Waals surface area contributed by atoms with Gasteiger partial charge in [-0.25, -0.2) is 14.6 Å². The standard InChI is InChI=1S/C40H41ClN2O9S/c1-7-11-28-18-26(19-32(49-9-3)37(28)52-22-25-12-15-29(41)16-13-25)20-33-38(45)43-36(35(39(46)50-10-4)24(5)42-40(43)53-33)27-14-17-30(31(21-27)48-8-2)51-23-34(44)47-6/h7,12-21,36H,1,8-11,22-23H2,2-6H3/b33-20-/t36-/m0/s1. The van der Waals surface area contributed by atoms with E-state index in [-0.39, 0.29) is 24.3 Å². The SMILES string of the molecule is C=CCc1cc(/C=c2\sc3n(c2=O)[C@@H](c2ccc(OCC(=O)OC)c(OCC)c2)C(C(=O)OCC)=C(C)N=3)cc(OCC)c1OCc1ccc(Cl)cc1. The Morgan fingerprint density at radius 3 is 2.36 bits per heavy atom. The van der Waals surface area contributed by atoms with Gasteiger partial charge in [0.1, 0.15) is 6.61 Å². The van der Waals surface area contributed by atoms with Crippen LogP contribution in [0.15, 0.2) is 88.3 Å². The molecule has 0 spiro atoms. The first-order valence-electron chi connectivity index (χ1n) is 17.1. The summed E-state index contributed by atoms with van der Waals surface area (Å²) in [5.74, 6) is 0.576. The molecule has 0 aliphatic carbocycles. The third-order valence-electron chi connectivity index (χ3n) is 8.09. The van der Waals surface area contributed by atoms with Crippen LogP contribution in [0.3, 0.4) is 0 Å². The van der Waals surface area contributed by atoms with Gasteiger partial charge in [0, 0.05) is 10.6 Å². The molecular weight excluding hydrogens is 720 g/mol. The summed E-state index contributed by atoms with van der Waals surface area (Å²) >= 11 is 7.27. The lowest BCUT2D eigenvalue weighted by Crippen LogP contribution is -2.40. The second kappa shape index (κ2) is 17.9. The molecule has 0 fully saturated rings. The molecular formula is C40H41ClN2O9S. The predicted octanol–water partition coefficient (Wildman–Crippen LogP) is 6.11. The third kappa shape index (κ3) is 9.01. The number of fused-ring (bicyclic) bond motifs is 1. The minimum Gasteiger partial charge on any atom is -0.490 e. The maximum absolute atomic E-state index is 14.4. The second-order valence-corrected chi connectivity index (χ2v) is 13.1. The van der Waals surface area contributed by atoms with E-state index < -0.39 is 18.0 Å². The number of esters is 2. The molecule has 0 amide bonds. The number of allylic oxidation sites excluding steroid dienone is 2. The zero-order valence-electron chi connectivity index (χ0n) is 30.2. The average Bonchev–Trinajstić information content (AvgIpc) is 3.44. The Morgan fingerprint density at radius 2 is 1.68 bits per heavy atom. The summed E-state index contributed by atoms with van der Waals surface area (Å²) < 4.78 is 35.9. The van der Waals surface area contributed by atoms with E-state index in [2.05, 4.69) is 6.58 Å². The topological polar surface area (TPSA) is 124 Å². The van der Waals surface area contributed by atoms with Gasteiger partial charge < -0.3 is 28.4 Å². The fraction of sp³-hybridized carbons (Fsp3) is 0.300. The summed E-state index contributed by atoms with van der Waals surface area (Å²) in [6, 6.07) is 15.3. The van der Waals surface area contributed by atoms with Crippen molar-refractivity contribution >= 4 is 41.0 Å². The van der Waals surface area contributed by atoms with Gasteiger partial charge >= 0.3 is 11.9 Å². The van der Waals surface area contributed by atoms with Crippen LogP contribution in [0.5, 0.6) is 23.0 Å². The average molecular weight is 761 g/mol. The number of hydrogen-bond acceptors (Lipinski definition) is 11. The number of thiazole rings is 1. The number of benzene rings is 3. The quantitative estimate of drug-likeness (QED) is 0.0984. The Bertz CT molecular complexity index is 2210. The van der Waals surface area contributed by atoms with E-state index >= 15 is 0 Å². The van der Waals surface area contributed by atoms with Crippen molar-refractivity contribution in [2.45, 2.75) is 46.8 Å². The van der Waals surface area contributed by atoms with Crippen molar-refractivity contribution in [3.05, 3.63) is 125 Å². The van der Waals surface area contributed by atoms with E-state index in [9.17, 15) is 14.4 Å². The molecule has 2 heterocycles. The molecule has 0 saturated carbocycles. The maximum atomic E-state index is 14.4. The molecule has 53 heavy (non-hydrogen) atoms. The number of halogens is 1. The molecule has 0 N–H and O–H groups in total. The lowest BCUT2D eigenvalue weighted by atomic mass is 9.95. The molecule has 0 saturated heterocycles. The Balaban J connectivity index is 1.63. The van der Waals surface area contributed by atoms with Crippen LogP contribution in [-0.2, 0) is 32.1 Å². The molecule has 11 nitrogen and oxygen atoms in total. The summed E-state index contributed by atoms with van der Waals surface area (Å²) in [6.07, 6.45) is 4.04. The van der Waals surface area contributed by atoms with E-state index in [1.807, 2.05) is 50.2 Å². The Morgan fingerprint density at radius 1 is 0.943 bits per heavy atom. The Labute approximate surface area is 316 Å². The number of ether oxygens (including phenoxy) is 6. The number of carbonyl (C=O) groups excluding carboxylic acids is 2. The van der Waals surface area contributed by atoms with Crippen LogP contribution in [0.1, 0.15) is 56.0 Å². The molecule has 1 aliphatic rings. The molecule has 13 heteroatoms. The molecule has 5 rings (SSSR count). The largest absolute Gasteiger partial charge is 0.490 e. The van der Waals surface area contributed by atoms with Crippen LogP contribution in [-0.4, -0.2) is 50.0 Å². The van der Waals surface area contributed by atoms with Gasteiger partial charge in [-0.2, -0.15) is 0 Å². The van der Waals surface area contributed by atoms with Gasteiger partial charge in [-0.15, -0.1) is 6.58 Å². The predicted molar refractivity (Wildman–Crippen MR) is 203 cm³/mol. The van der Waals surface area contributed by atoms with E-state index in [1.54, 1.807) is 44.2 Å². The first-order chi connectivity index (χ1) is 25.6. The minimum absolute atomic E-state index is 0.131. The molecule has 3 aromatic carbocycles. The van der Waals surface area contributed by atoms with Gasteiger partial charge in [0.15, 0.2) is 34.4 Å². The highest BCUT2D eigenvalue weighted by Gasteiger charge is 2.34. The fourth-order valence-electron chi connectivity index (χ4n) is 5.77. The molecule has 1 atom stereocenters. The third-order valence-corrected chi connectivity index (χ3v) is 9.32. The van der Waals surface area contributed by atoms with Gasteiger partial charge in [-0.3, -0.25) is 9.36 Å². The molecule has 278 valence electrons. The molecule has 1 aliphatic heterocycles. The van der Waals surface area contributed by atoms with Gasteiger partial charge in [0.05, 0.1) is 48.8 Å². The van der Waals surface area contributed by atoms with Crippen LogP contribution in [0.25, 0.3) is 6.08 Å². The van der Waals surface area contributed by atoms with Crippen molar-refractivity contribution < 1.29 is 38.0 Å². The minimum atomic E-state index is -0.903. The van der Waals surface area contributed by atoms with Crippen LogP contribution in [0, 0.1) is 0 Å². The van der Waals surface area contributed by atoms with Gasteiger partial charge in [0.2, 0.25) is 0 Å². The highest BCUT2D eigenvalue weighted by molar-refractivity contribution is 7.07. The zero-order valence-corrected chi connectivity index (χ0v) is 31.8. The summed E-state index contributed by atoms with van der Waals surface area (Å²) in [5, 5.41) is 0.638. The summed E-state index contributed by atoms with van der Waals surface area (Å²) in [6.45, 7) is 11.8. The number of rotatable bonds is 16. The second-order valence-electron chi connectivity index (χ2n) is 11.7. The van der Waals surface area contributed by atoms with E-state index in [0.717, 1.165) is 11.1 Å². The molecule has 0 unspecified atom stereocenters. The fourth-order valence-corrected chi connectivity index (χ4v) is 6.95. The van der Waals surface area contributed by atoms with Crippen molar-refractivity contribution in [1.82, 2.24) is 4.57 Å². The maximum Gasteiger partial charge on any atom is 0.343 e. The first kappa shape index (κ1) is 38.9. The normalized spacial score (nSPS) is 13.8. The van der Waals surface area contributed by atoms with Gasteiger partial charge in [-0.05, 0) is 93.3 Å². The van der Waals surface area contributed by atoms with Crippen molar-refractivity contribution in [3.8, 4) is 23.0 Å². The smallest absolute Gasteiger partial charge is 0.343 e. The highest BCUT2D eigenvalue weighted by atomic mass is 35.5. The zero-order chi connectivity index (χ0) is 38.1. The van der Waals surface area contributed by atoms with Gasteiger partial charge in [-0.1, -0.05) is 47.2 Å². The van der Waals surface area contributed by atoms with E-state index in [4.69, 9.17) is 45.0 Å². The van der Waals surface area contributed by atoms with E-state index in [1.165, 1.54) is 23.0 Å². The Kier molecular flexibility index (Phi) is 13.2. The van der Waals surface area contributed by atoms with Crippen molar-refractivity contribution in [3.63, 3.8) is 0 Å². The number of nitrogens with zero attached hydrogens (tertiary/aromatic N) is 2. The van der Waals surface area contributed by atoms with Crippen LogP contribution < -0.4 is 33.8 Å². The number of hydrogen-bond donors (Lipinski definition) is 0. The van der Waals surface area contributed by atoms with Crippen LogP contribution in [0.4, 0.5) is 0 Å². The number of carbonyl (C=O) groups is 2. The summed E-state index contributed by atoms with van der Waals surface area (Å²) in [5.41, 5.74) is 3.30. The lowest BCUT2D eigenvalue weighted by molar-refractivity contribution is -0.143. The Hall–Kier alpha value is -5.33. The van der Waals surface area contributed by atoms with Crippen molar-refractivity contribution in [2.75, 3.05) is 33.5 Å². The molecule has 0 bridgehead atoms. The van der Waals surface area contributed by atoms with Crippen LogP contribution >= 0.6 is 22.9 Å². The monoisotopic (exact) mass is 760 g/mol. The first-order valence-corrected chi connectivity index (χ1v) is 18.3. The summed E-state index contributed by atoms with van der Waals surface area (Å²) in [4.78, 5) is 44.8. The van der Waals surface area contributed by atoms with Crippen molar-refractivity contribution in [1.29, 1.82) is 0 Å². The van der Waals surface area contributed by atoms with Crippen LogP contribution in [0.2, 0.25) is 5.02 Å². The lowest BCUT2D eigenvalue weighted by Gasteiger charge is -2.25. The molecule has 0 radical (unpaired) electrons. The van der Waals surface area contributed by atoms with Crippen molar-refractivity contribution in [2.24, 2.45) is 4.99 Å². The molecule has 4 aromatic rings. The van der Waals surface area contributed by atoms with Gasteiger partial charge in [0.25, 0.3) is 5.56 Å². The number of methoxy groups -OCH3 is 1. The molecule has 1 aromatic heterocycles. The van der Waals surface area contributed by atoms with E-state index in [0.29, 0.717) is 80.4 Å². The highest BCUT2D eigenvalue weighted by Crippen LogP contribution is 2.37.